The Morgan fingerprint density at radius 1 is 1.15 bits per heavy atom. The number of hydrogen-bond donors (Lipinski definition) is 2. The molecule has 0 amide bonds. The van der Waals surface area contributed by atoms with Crippen molar-refractivity contribution in [3.05, 3.63) is 0 Å². The molecule has 0 aromatic heterocycles. The van der Waals surface area contributed by atoms with Gasteiger partial charge < -0.3 is 10.2 Å². The molecule has 0 saturated carbocycles. The molecule has 0 aromatic carbocycles. The standard InChI is InChI=1S/C13H32N4O2S/c1-6-14-10-9-11-16(5)20(18,19)15-13(4)12-17(7-2)8-3/h13-15H,6-12H2,1-5H3. The Morgan fingerprint density at radius 2 is 1.75 bits per heavy atom. The fourth-order valence-corrected chi connectivity index (χ4v) is 3.11. The first-order valence-electron chi connectivity index (χ1n) is 7.53. The molecule has 0 radical (unpaired) electrons. The molecule has 0 aliphatic rings. The molecule has 0 spiro atoms. The monoisotopic (exact) mass is 308 g/mol. The Bertz CT molecular complexity index is 331. The van der Waals surface area contributed by atoms with Gasteiger partial charge in [0, 0.05) is 26.2 Å². The van der Waals surface area contributed by atoms with Gasteiger partial charge in [-0.25, -0.2) is 0 Å². The van der Waals surface area contributed by atoms with Crippen LogP contribution in [0.2, 0.25) is 0 Å². The van der Waals surface area contributed by atoms with Gasteiger partial charge in [-0.1, -0.05) is 20.8 Å². The highest BCUT2D eigenvalue weighted by atomic mass is 32.2. The zero-order valence-electron chi connectivity index (χ0n) is 13.6. The van der Waals surface area contributed by atoms with Gasteiger partial charge in [0.2, 0.25) is 0 Å². The van der Waals surface area contributed by atoms with Gasteiger partial charge in [0.25, 0.3) is 10.2 Å². The van der Waals surface area contributed by atoms with Crippen molar-refractivity contribution in [1.29, 1.82) is 0 Å². The van der Waals surface area contributed by atoms with Crippen molar-refractivity contribution in [1.82, 2.24) is 19.2 Å². The van der Waals surface area contributed by atoms with E-state index in [0.29, 0.717) is 6.54 Å². The number of hydrogen-bond acceptors (Lipinski definition) is 4. The maximum Gasteiger partial charge on any atom is 0.279 e. The lowest BCUT2D eigenvalue weighted by Crippen LogP contribution is -2.47. The molecule has 6 nitrogen and oxygen atoms in total. The summed E-state index contributed by atoms with van der Waals surface area (Å²) in [6, 6.07) is -0.0869. The van der Waals surface area contributed by atoms with Gasteiger partial charge in [-0.05, 0) is 39.5 Å². The largest absolute Gasteiger partial charge is 0.317 e. The molecule has 1 atom stereocenters. The second-order valence-electron chi connectivity index (χ2n) is 5.04. The Kier molecular flexibility index (Phi) is 10.4. The first kappa shape index (κ1) is 19.8. The van der Waals surface area contributed by atoms with E-state index < -0.39 is 10.2 Å². The summed E-state index contributed by atoms with van der Waals surface area (Å²) in [7, 11) is -1.76. The van der Waals surface area contributed by atoms with Gasteiger partial charge in [-0.2, -0.15) is 17.4 Å². The molecule has 0 rings (SSSR count). The van der Waals surface area contributed by atoms with Crippen LogP contribution in [0.1, 0.15) is 34.1 Å². The lowest BCUT2D eigenvalue weighted by atomic mass is 10.3. The van der Waals surface area contributed by atoms with E-state index in [0.717, 1.165) is 39.1 Å². The minimum atomic E-state index is -3.38. The SMILES string of the molecule is CCNCCCN(C)S(=O)(=O)NC(C)CN(CC)CC. The third-order valence-corrected chi connectivity index (χ3v) is 4.97. The highest BCUT2D eigenvalue weighted by Gasteiger charge is 2.20. The van der Waals surface area contributed by atoms with Gasteiger partial charge >= 0.3 is 0 Å². The summed E-state index contributed by atoms with van der Waals surface area (Å²) in [4.78, 5) is 2.21. The van der Waals surface area contributed by atoms with E-state index in [-0.39, 0.29) is 6.04 Å². The molecule has 7 heteroatoms. The second kappa shape index (κ2) is 10.5. The van der Waals surface area contributed by atoms with E-state index in [4.69, 9.17) is 0 Å². The molecule has 0 saturated heterocycles. The number of likely N-dealkylation sites (N-methyl/N-ethyl adjacent to an activating group) is 1. The van der Waals surface area contributed by atoms with Crippen molar-refractivity contribution < 1.29 is 8.42 Å². The van der Waals surface area contributed by atoms with Crippen LogP contribution in [0.4, 0.5) is 0 Å². The first-order valence-corrected chi connectivity index (χ1v) is 8.97. The minimum absolute atomic E-state index is 0.0869. The number of rotatable bonds is 12. The lowest BCUT2D eigenvalue weighted by Gasteiger charge is -2.25. The van der Waals surface area contributed by atoms with Crippen LogP contribution < -0.4 is 10.0 Å². The maximum absolute atomic E-state index is 12.1. The van der Waals surface area contributed by atoms with Crippen LogP contribution in [0.15, 0.2) is 0 Å². The third kappa shape index (κ3) is 8.16. The molecule has 0 aromatic rings. The van der Waals surface area contributed by atoms with Crippen LogP contribution in [0.25, 0.3) is 0 Å². The van der Waals surface area contributed by atoms with Crippen LogP contribution in [0.5, 0.6) is 0 Å². The van der Waals surface area contributed by atoms with Crippen LogP contribution in [-0.2, 0) is 10.2 Å². The minimum Gasteiger partial charge on any atom is -0.317 e. The smallest absolute Gasteiger partial charge is 0.279 e. The molecule has 20 heavy (non-hydrogen) atoms. The van der Waals surface area contributed by atoms with Crippen molar-refractivity contribution in [2.45, 2.75) is 40.2 Å². The van der Waals surface area contributed by atoms with Gasteiger partial charge in [0.1, 0.15) is 0 Å². The molecule has 0 aliphatic heterocycles. The van der Waals surface area contributed by atoms with E-state index in [1.807, 2.05) is 13.8 Å². The fourth-order valence-electron chi connectivity index (χ4n) is 1.97. The molecule has 122 valence electrons. The molecule has 0 aliphatic carbocycles. The average molecular weight is 308 g/mol. The number of nitrogens with one attached hydrogen (secondary N) is 2. The Balaban J connectivity index is 4.21. The van der Waals surface area contributed by atoms with Crippen molar-refractivity contribution in [2.24, 2.45) is 0 Å². The van der Waals surface area contributed by atoms with Gasteiger partial charge in [-0.3, -0.25) is 0 Å². The summed E-state index contributed by atoms with van der Waals surface area (Å²) in [5.74, 6) is 0. The third-order valence-electron chi connectivity index (χ3n) is 3.26. The van der Waals surface area contributed by atoms with Crippen molar-refractivity contribution in [3.8, 4) is 0 Å². The van der Waals surface area contributed by atoms with E-state index in [1.54, 1.807) is 7.05 Å². The van der Waals surface area contributed by atoms with E-state index in [1.165, 1.54) is 4.31 Å². The normalized spacial score (nSPS) is 14.2. The van der Waals surface area contributed by atoms with Crippen LogP contribution in [0, 0.1) is 0 Å². The molecule has 0 fully saturated rings. The van der Waals surface area contributed by atoms with Crippen LogP contribution in [0.3, 0.4) is 0 Å². The number of nitrogens with zero attached hydrogens (tertiary/aromatic N) is 2. The van der Waals surface area contributed by atoms with Crippen molar-refractivity contribution in [3.63, 3.8) is 0 Å². The van der Waals surface area contributed by atoms with Crippen molar-refractivity contribution in [2.75, 3.05) is 46.3 Å². The first-order chi connectivity index (χ1) is 9.37. The van der Waals surface area contributed by atoms with Crippen LogP contribution in [-0.4, -0.2) is 70.0 Å². The van der Waals surface area contributed by atoms with E-state index in [2.05, 4.69) is 28.8 Å². The maximum atomic E-state index is 12.1. The van der Waals surface area contributed by atoms with E-state index in [9.17, 15) is 8.42 Å². The predicted octanol–water partition coefficient (Wildman–Crippen LogP) is 0.483. The molecule has 2 N–H and O–H groups in total. The molecule has 1 unspecified atom stereocenters. The summed E-state index contributed by atoms with van der Waals surface area (Å²) in [6.45, 7) is 13.0. The average Bonchev–Trinajstić information content (AvgIpc) is 2.40. The van der Waals surface area contributed by atoms with E-state index >= 15 is 0 Å². The van der Waals surface area contributed by atoms with Gasteiger partial charge in [-0.15, -0.1) is 0 Å². The summed E-state index contributed by atoms with van der Waals surface area (Å²) in [5.41, 5.74) is 0. The molecular weight excluding hydrogens is 276 g/mol. The highest BCUT2D eigenvalue weighted by molar-refractivity contribution is 7.87. The Morgan fingerprint density at radius 3 is 2.25 bits per heavy atom. The summed E-state index contributed by atoms with van der Waals surface area (Å²) >= 11 is 0. The summed E-state index contributed by atoms with van der Waals surface area (Å²) in [6.07, 6.45) is 0.815. The topological polar surface area (TPSA) is 64.7 Å². The lowest BCUT2D eigenvalue weighted by molar-refractivity contribution is 0.280. The molecule has 0 bridgehead atoms. The molecular formula is C13H32N4O2S. The van der Waals surface area contributed by atoms with Crippen LogP contribution >= 0.6 is 0 Å². The summed E-state index contributed by atoms with van der Waals surface area (Å²) in [5, 5.41) is 3.19. The zero-order valence-corrected chi connectivity index (χ0v) is 14.5. The van der Waals surface area contributed by atoms with Crippen molar-refractivity contribution >= 4 is 10.2 Å². The predicted molar refractivity (Wildman–Crippen MR) is 85.1 cm³/mol. The van der Waals surface area contributed by atoms with Gasteiger partial charge in [0.15, 0.2) is 0 Å². The quantitative estimate of drug-likeness (QED) is 0.515. The Hall–Kier alpha value is -0.210. The Labute approximate surface area is 125 Å². The fraction of sp³-hybridized carbons (Fsp3) is 1.00. The second-order valence-corrected chi connectivity index (χ2v) is 6.85. The highest BCUT2D eigenvalue weighted by Crippen LogP contribution is 1.99. The molecule has 0 heterocycles. The zero-order chi connectivity index (χ0) is 15.6. The summed E-state index contributed by atoms with van der Waals surface area (Å²) < 4.78 is 28.4. The van der Waals surface area contributed by atoms with Gasteiger partial charge in [0.05, 0.1) is 0 Å².